The van der Waals surface area contributed by atoms with E-state index < -0.39 is 0 Å². The van der Waals surface area contributed by atoms with Gasteiger partial charge in [0.15, 0.2) is 0 Å². The summed E-state index contributed by atoms with van der Waals surface area (Å²) in [7, 11) is 0. The van der Waals surface area contributed by atoms with Crippen LogP contribution in [0.4, 0.5) is 0 Å². The van der Waals surface area contributed by atoms with Crippen molar-refractivity contribution in [3.8, 4) is 0 Å². The summed E-state index contributed by atoms with van der Waals surface area (Å²) in [6.07, 6.45) is 7.51. The summed E-state index contributed by atoms with van der Waals surface area (Å²) in [6, 6.07) is 0.877. The van der Waals surface area contributed by atoms with Crippen LogP contribution in [0.25, 0.3) is 0 Å². The SMILES string of the molecule is CCCN(CC1CCC(CNCC(C)C)O1)C1CC1. The standard InChI is InChI=1S/C16H32N2O/c1-4-9-18(14-5-6-14)12-16-8-7-15(19-16)11-17-10-13(2)3/h13-17H,4-12H2,1-3H3. The number of nitrogens with zero attached hydrogens (tertiary/aromatic N) is 1. The molecule has 0 bridgehead atoms. The lowest BCUT2D eigenvalue weighted by Gasteiger charge is -2.25. The first-order valence-corrected chi connectivity index (χ1v) is 8.29. The Hall–Kier alpha value is -0.120. The number of hydrogen-bond donors (Lipinski definition) is 1. The number of ether oxygens (including phenoxy) is 1. The van der Waals surface area contributed by atoms with E-state index in [2.05, 4.69) is 31.0 Å². The molecule has 112 valence electrons. The second-order valence-corrected chi connectivity index (χ2v) is 6.74. The fraction of sp³-hybridized carbons (Fsp3) is 1.00. The van der Waals surface area contributed by atoms with E-state index >= 15 is 0 Å². The molecule has 1 aliphatic carbocycles. The van der Waals surface area contributed by atoms with Gasteiger partial charge < -0.3 is 10.1 Å². The maximum atomic E-state index is 6.19. The zero-order valence-corrected chi connectivity index (χ0v) is 13.0. The Balaban J connectivity index is 1.63. The third-order valence-corrected chi connectivity index (χ3v) is 4.13. The summed E-state index contributed by atoms with van der Waals surface area (Å²) in [6.45, 7) is 11.3. The molecular formula is C16H32N2O. The van der Waals surface area contributed by atoms with Crippen molar-refractivity contribution in [3.05, 3.63) is 0 Å². The Kier molecular flexibility index (Phi) is 6.11. The molecule has 2 rings (SSSR count). The summed E-state index contributed by atoms with van der Waals surface area (Å²) in [5, 5.41) is 3.52. The van der Waals surface area contributed by atoms with Crippen LogP contribution in [0.3, 0.4) is 0 Å². The van der Waals surface area contributed by atoms with Crippen molar-refractivity contribution in [2.45, 2.75) is 71.1 Å². The molecular weight excluding hydrogens is 236 g/mol. The molecule has 0 radical (unpaired) electrons. The Morgan fingerprint density at radius 2 is 1.89 bits per heavy atom. The van der Waals surface area contributed by atoms with Gasteiger partial charge in [0.05, 0.1) is 12.2 Å². The van der Waals surface area contributed by atoms with Crippen molar-refractivity contribution in [2.75, 3.05) is 26.2 Å². The molecule has 2 fully saturated rings. The molecule has 19 heavy (non-hydrogen) atoms. The fourth-order valence-corrected chi connectivity index (χ4v) is 3.01. The number of rotatable bonds is 9. The second kappa shape index (κ2) is 7.61. The highest BCUT2D eigenvalue weighted by Crippen LogP contribution is 2.29. The lowest BCUT2D eigenvalue weighted by Crippen LogP contribution is -2.36. The third-order valence-electron chi connectivity index (χ3n) is 4.13. The maximum absolute atomic E-state index is 6.19. The Morgan fingerprint density at radius 1 is 1.16 bits per heavy atom. The first-order chi connectivity index (χ1) is 9.19. The van der Waals surface area contributed by atoms with Gasteiger partial charge in [0.2, 0.25) is 0 Å². The Labute approximate surface area is 119 Å². The van der Waals surface area contributed by atoms with Crippen LogP contribution in [-0.2, 0) is 4.74 Å². The van der Waals surface area contributed by atoms with Crippen LogP contribution >= 0.6 is 0 Å². The van der Waals surface area contributed by atoms with Crippen molar-refractivity contribution >= 4 is 0 Å². The van der Waals surface area contributed by atoms with Gasteiger partial charge in [0.25, 0.3) is 0 Å². The van der Waals surface area contributed by atoms with E-state index in [0.717, 1.165) is 25.0 Å². The average Bonchev–Trinajstić information content (AvgIpc) is 3.11. The van der Waals surface area contributed by atoms with Crippen molar-refractivity contribution in [2.24, 2.45) is 5.92 Å². The first-order valence-electron chi connectivity index (χ1n) is 8.29. The number of hydrogen-bond acceptors (Lipinski definition) is 3. The van der Waals surface area contributed by atoms with Gasteiger partial charge in [0.1, 0.15) is 0 Å². The van der Waals surface area contributed by atoms with Gasteiger partial charge in [-0.3, -0.25) is 4.90 Å². The Morgan fingerprint density at radius 3 is 2.53 bits per heavy atom. The minimum absolute atomic E-state index is 0.450. The van der Waals surface area contributed by atoms with Gasteiger partial charge in [0, 0.05) is 19.1 Å². The molecule has 1 aliphatic heterocycles. The van der Waals surface area contributed by atoms with E-state index in [1.54, 1.807) is 0 Å². The molecule has 1 heterocycles. The summed E-state index contributed by atoms with van der Waals surface area (Å²) < 4.78 is 6.19. The van der Waals surface area contributed by atoms with E-state index in [1.807, 2.05) is 0 Å². The lowest BCUT2D eigenvalue weighted by molar-refractivity contribution is 0.0215. The van der Waals surface area contributed by atoms with Crippen molar-refractivity contribution in [1.29, 1.82) is 0 Å². The lowest BCUT2D eigenvalue weighted by atomic mass is 10.1. The molecule has 2 aliphatic rings. The molecule has 1 saturated heterocycles. The largest absolute Gasteiger partial charge is 0.372 e. The zero-order valence-electron chi connectivity index (χ0n) is 13.0. The van der Waals surface area contributed by atoms with Gasteiger partial charge in [-0.05, 0) is 51.1 Å². The molecule has 0 aromatic carbocycles. The fourth-order valence-electron chi connectivity index (χ4n) is 3.01. The summed E-state index contributed by atoms with van der Waals surface area (Å²) in [4.78, 5) is 2.66. The summed E-state index contributed by atoms with van der Waals surface area (Å²) in [5.41, 5.74) is 0. The van der Waals surface area contributed by atoms with Crippen molar-refractivity contribution < 1.29 is 4.74 Å². The molecule has 0 spiro atoms. The molecule has 1 N–H and O–H groups in total. The van der Waals surface area contributed by atoms with Crippen LogP contribution in [0.5, 0.6) is 0 Å². The molecule has 3 heteroatoms. The van der Waals surface area contributed by atoms with Crippen LogP contribution in [0.15, 0.2) is 0 Å². The predicted octanol–water partition coefficient (Wildman–Crippen LogP) is 2.65. The van der Waals surface area contributed by atoms with Crippen LogP contribution in [-0.4, -0.2) is 49.3 Å². The molecule has 0 aromatic rings. The van der Waals surface area contributed by atoms with Gasteiger partial charge in [-0.25, -0.2) is 0 Å². The van der Waals surface area contributed by atoms with Gasteiger partial charge in [-0.15, -0.1) is 0 Å². The van der Waals surface area contributed by atoms with Gasteiger partial charge in [-0.1, -0.05) is 20.8 Å². The highest BCUT2D eigenvalue weighted by atomic mass is 16.5. The van der Waals surface area contributed by atoms with Crippen LogP contribution in [0, 0.1) is 5.92 Å². The van der Waals surface area contributed by atoms with Crippen LogP contribution < -0.4 is 5.32 Å². The topological polar surface area (TPSA) is 24.5 Å². The normalized spacial score (nSPS) is 27.6. The van der Waals surface area contributed by atoms with Crippen molar-refractivity contribution in [1.82, 2.24) is 10.2 Å². The minimum Gasteiger partial charge on any atom is -0.372 e. The quantitative estimate of drug-likeness (QED) is 0.696. The highest BCUT2D eigenvalue weighted by molar-refractivity contribution is 4.87. The molecule has 1 saturated carbocycles. The monoisotopic (exact) mass is 268 g/mol. The summed E-state index contributed by atoms with van der Waals surface area (Å²) in [5.74, 6) is 0.729. The Bertz CT molecular complexity index is 253. The van der Waals surface area contributed by atoms with Gasteiger partial charge >= 0.3 is 0 Å². The van der Waals surface area contributed by atoms with Crippen molar-refractivity contribution in [3.63, 3.8) is 0 Å². The summed E-state index contributed by atoms with van der Waals surface area (Å²) >= 11 is 0. The average molecular weight is 268 g/mol. The molecule has 2 unspecified atom stereocenters. The first kappa shape index (κ1) is 15.3. The van der Waals surface area contributed by atoms with E-state index in [9.17, 15) is 0 Å². The van der Waals surface area contributed by atoms with E-state index in [-0.39, 0.29) is 0 Å². The second-order valence-electron chi connectivity index (χ2n) is 6.74. The van der Waals surface area contributed by atoms with Crippen LogP contribution in [0.1, 0.15) is 52.9 Å². The predicted molar refractivity (Wildman–Crippen MR) is 80.5 cm³/mol. The molecule has 2 atom stereocenters. The van der Waals surface area contributed by atoms with E-state index in [1.165, 1.54) is 45.2 Å². The van der Waals surface area contributed by atoms with E-state index in [0.29, 0.717) is 12.2 Å². The smallest absolute Gasteiger partial charge is 0.0707 e. The molecule has 3 nitrogen and oxygen atoms in total. The van der Waals surface area contributed by atoms with Gasteiger partial charge in [-0.2, -0.15) is 0 Å². The highest BCUT2D eigenvalue weighted by Gasteiger charge is 2.33. The minimum atomic E-state index is 0.450. The molecule has 0 aromatic heterocycles. The maximum Gasteiger partial charge on any atom is 0.0707 e. The number of nitrogens with one attached hydrogen (secondary N) is 1. The molecule has 0 amide bonds. The van der Waals surface area contributed by atoms with Crippen LogP contribution in [0.2, 0.25) is 0 Å². The third kappa shape index (κ3) is 5.41. The zero-order chi connectivity index (χ0) is 13.7. The van der Waals surface area contributed by atoms with E-state index in [4.69, 9.17) is 4.74 Å².